The zero-order chi connectivity index (χ0) is 16.1. The van der Waals surface area contributed by atoms with Crippen LogP contribution >= 0.6 is 11.6 Å². The molecule has 0 amide bonds. The third-order valence-corrected chi connectivity index (χ3v) is 4.18. The van der Waals surface area contributed by atoms with Crippen molar-refractivity contribution in [1.29, 1.82) is 0 Å². The summed E-state index contributed by atoms with van der Waals surface area (Å²) in [5.74, 6) is 0.746. The van der Waals surface area contributed by atoms with Crippen LogP contribution in [0.4, 0.5) is 0 Å². The van der Waals surface area contributed by atoms with Crippen LogP contribution in [0.5, 0.6) is 0 Å². The molecule has 0 aliphatic rings. The minimum atomic E-state index is -0.0312. The minimum Gasteiger partial charge on any atom is -0.308 e. The molecule has 2 rings (SSSR count). The van der Waals surface area contributed by atoms with Gasteiger partial charge in [0.05, 0.1) is 16.9 Å². The number of halogens is 1. The number of hydrogen-bond donors (Lipinski definition) is 1. The first-order valence-corrected chi connectivity index (χ1v) is 8.32. The molecule has 0 fully saturated rings. The first-order valence-electron chi connectivity index (χ1n) is 7.94. The molecule has 1 aromatic heterocycles. The summed E-state index contributed by atoms with van der Waals surface area (Å²) in [6.45, 7) is 5.18. The summed E-state index contributed by atoms with van der Waals surface area (Å²) in [6, 6.07) is 5.24. The van der Waals surface area contributed by atoms with Crippen molar-refractivity contribution in [2.24, 2.45) is 7.05 Å². The number of nitrogens with zero attached hydrogens (tertiary/aromatic N) is 2. The highest BCUT2D eigenvalue weighted by atomic mass is 35.5. The molecule has 0 aliphatic carbocycles. The summed E-state index contributed by atoms with van der Waals surface area (Å²) in [6.07, 6.45) is 4.87. The molecule has 5 heteroatoms. The van der Waals surface area contributed by atoms with E-state index in [2.05, 4.69) is 17.2 Å². The number of rotatable bonds is 7. The maximum absolute atomic E-state index is 12.4. The van der Waals surface area contributed by atoms with Gasteiger partial charge in [0.25, 0.3) is 5.56 Å². The second-order valence-electron chi connectivity index (χ2n) is 5.73. The molecule has 1 unspecified atom stereocenters. The second kappa shape index (κ2) is 7.75. The topological polar surface area (TPSA) is 46.9 Å². The van der Waals surface area contributed by atoms with Crippen molar-refractivity contribution in [2.75, 3.05) is 6.54 Å². The third-order valence-electron chi connectivity index (χ3n) is 3.94. The molecular formula is C17H24ClN3O. The van der Waals surface area contributed by atoms with E-state index >= 15 is 0 Å². The fourth-order valence-corrected chi connectivity index (χ4v) is 2.78. The first-order chi connectivity index (χ1) is 10.5. The largest absolute Gasteiger partial charge is 0.308 e. The van der Waals surface area contributed by atoms with Gasteiger partial charge in [-0.05, 0) is 38.1 Å². The van der Waals surface area contributed by atoms with Crippen LogP contribution in [0.15, 0.2) is 23.0 Å². The molecule has 1 aromatic carbocycles. The van der Waals surface area contributed by atoms with E-state index in [-0.39, 0.29) is 11.6 Å². The highest BCUT2D eigenvalue weighted by molar-refractivity contribution is 6.31. The van der Waals surface area contributed by atoms with E-state index in [4.69, 9.17) is 11.6 Å². The van der Waals surface area contributed by atoms with Crippen molar-refractivity contribution in [3.8, 4) is 0 Å². The average Bonchev–Trinajstić information content (AvgIpc) is 2.50. The summed E-state index contributed by atoms with van der Waals surface area (Å²) in [4.78, 5) is 17.1. The van der Waals surface area contributed by atoms with Gasteiger partial charge in [-0.25, -0.2) is 4.98 Å². The SMILES string of the molecule is CCCCCCNC(C)c1nc2cc(Cl)ccc2c(=O)n1C. The Bertz CT molecular complexity index is 696. The Kier molecular flexibility index (Phi) is 5.98. The molecule has 0 aliphatic heterocycles. The lowest BCUT2D eigenvalue weighted by atomic mass is 10.2. The van der Waals surface area contributed by atoms with Crippen molar-refractivity contribution < 1.29 is 0 Å². The van der Waals surface area contributed by atoms with E-state index < -0.39 is 0 Å². The molecule has 0 saturated heterocycles. The molecule has 22 heavy (non-hydrogen) atoms. The van der Waals surface area contributed by atoms with Gasteiger partial charge in [0.1, 0.15) is 5.82 Å². The van der Waals surface area contributed by atoms with E-state index in [0.717, 1.165) is 18.8 Å². The molecule has 1 N–H and O–H groups in total. The molecular weight excluding hydrogens is 298 g/mol. The Labute approximate surface area is 136 Å². The normalized spacial score (nSPS) is 12.7. The summed E-state index contributed by atoms with van der Waals surface area (Å²) in [7, 11) is 1.77. The highest BCUT2D eigenvalue weighted by Crippen LogP contribution is 2.17. The van der Waals surface area contributed by atoms with Gasteiger partial charge in [-0.15, -0.1) is 0 Å². The van der Waals surface area contributed by atoms with E-state index in [1.807, 2.05) is 6.92 Å². The minimum absolute atomic E-state index is 0.0303. The maximum Gasteiger partial charge on any atom is 0.261 e. The number of hydrogen-bond acceptors (Lipinski definition) is 3. The van der Waals surface area contributed by atoms with Gasteiger partial charge in [-0.3, -0.25) is 9.36 Å². The van der Waals surface area contributed by atoms with Gasteiger partial charge in [0.2, 0.25) is 0 Å². The van der Waals surface area contributed by atoms with Crippen molar-refractivity contribution in [3.05, 3.63) is 39.4 Å². The standard InChI is InChI=1S/C17H24ClN3O/c1-4-5-6-7-10-19-12(2)16-20-15-11-13(18)8-9-14(15)17(22)21(16)3/h8-9,11-12,19H,4-7,10H2,1-3H3. The monoisotopic (exact) mass is 321 g/mol. The molecule has 0 saturated carbocycles. The van der Waals surface area contributed by atoms with E-state index in [9.17, 15) is 4.79 Å². The van der Waals surface area contributed by atoms with Gasteiger partial charge >= 0.3 is 0 Å². The fourth-order valence-electron chi connectivity index (χ4n) is 2.61. The van der Waals surface area contributed by atoms with Gasteiger partial charge in [-0.2, -0.15) is 0 Å². The van der Waals surface area contributed by atoms with Gasteiger partial charge in [-0.1, -0.05) is 37.8 Å². The molecule has 120 valence electrons. The number of nitrogens with one attached hydrogen (secondary N) is 1. The maximum atomic E-state index is 12.4. The third kappa shape index (κ3) is 3.87. The van der Waals surface area contributed by atoms with Crippen LogP contribution < -0.4 is 10.9 Å². The summed E-state index contributed by atoms with van der Waals surface area (Å²) >= 11 is 6.01. The van der Waals surface area contributed by atoms with Crippen molar-refractivity contribution in [3.63, 3.8) is 0 Å². The van der Waals surface area contributed by atoms with Crippen LogP contribution in [-0.4, -0.2) is 16.1 Å². The smallest absolute Gasteiger partial charge is 0.261 e. The van der Waals surface area contributed by atoms with Crippen molar-refractivity contribution in [1.82, 2.24) is 14.9 Å². The molecule has 1 atom stereocenters. The van der Waals surface area contributed by atoms with Crippen LogP contribution in [0.3, 0.4) is 0 Å². The Morgan fingerprint density at radius 1 is 1.32 bits per heavy atom. The van der Waals surface area contributed by atoms with Gasteiger partial charge < -0.3 is 5.32 Å². The summed E-state index contributed by atoms with van der Waals surface area (Å²) in [5, 5.41) is 4.65. The molecule has 0 spiro atoms. The highest BCUT2D eigenvalue weighted by Gasteiger charge is 2.14. The van der Waals surface area contributed by atoms with Gasteiger partial charge in [0, 0.05) is 12.1 Å². The quantitative estimate of drug-likeness (QED) is 0.789. The predicted octanol–water partition coefficient (Wildman–Crippen LogP) is 3.82. The predicted molar refractivity (Wildman–Crippen MR) is 92.6 cm³/mol. The zero-order valence-electron chi connectivity index (χ0n) is 13.5. The van der Waals surface area contributed by atoms with Crippen LogP contribution in [0.1, 0.15) is 51.4 Å². The molecule has 2 aromatic rings. The summed E-state index contributed by atoms with van der Waals surface area (Å²) < 4.78 is 1.62. The van der Waals surface area contributed by atoms with Crippen LogP contribution in [0.2, 0.25) is 5.02 Å². The van der Waals surface area contributed by atoms with Gasteiger partial charge in [0.15, 0.2) is 0 Å². The lowest BCUT2D eigenvalue weighted by Crippen LogP contribution is -2.29. The fraction of sp³-hybridized carbons (Fsp3) is 0.529. The molecule has 0 radical (unpaired) electrons. The molecule has 4 nitrogen and oxygen atoms in total. The van der Waals surface area contributed by atoms with E-state index in [1.54, 1.807) is 29.8 Å². The lowest BCUT2D eigenvalue weighted by molar-refractivity contribution is 0.500. The zero-order valence-corrected chi connectivity index (χ0v) is 14.3. The Hall–Kier alpha value is -1.39. The number of fused-ring (bicyclic) bond motifs is 1. The van der Waals surface area contributed by atoms with E-state index in [1.165, 1.54) is 19.3 Å². The Balaban J connectivity index is 2.19. The number of unbranched alkanes of at least 4 members (excludes halogenated alkanes) is 3. The molecule has 1 heterocycles. The van der Waals surface area contributed by atoms with Crippen LogP contribution in [-0.2, 0) is 7.05 Å². The first kappa shape index (κ1) is 17.0. The number of benzene rings is 1. The van der Waals surface area contributed by atoms with Crippen molar-refractivity contribution in [2.45, 2.75) is 45.6 Å². The van der Waals surface area contributed by atoms with Crippen LogP contribution in [0.25, 0.3) is 10.9 Å². The summed E-state index contributed by atoms with van der Waals surface area (Å²) in [5.41, 5.74) is 0.626. The lowest BCUT2D eigenvalue weighted by Gasteiger charge is -2.17. The van der Waals surface area contributed by atoms with Crippen LogP contribution in [0, 0.1) is 0 Å². The molecule has 0 bridgehead atoms. The Morgan fingerprint density at radius 2 is 2.09 bits per heavy atom. The van der Waals surface area contributed by atoms with E-state index in [0.29, 0.717) is 15.9 Å². The average molecular weight is 322 g/mol. The second-order valence-corrected chi connectivity index (χ2v) is 6.17. The van der Waals surface area contributed by atoms with Crippen molar-refractivity contribution >= 4 is 22.5 Å². The number of aromatic nitrogens is 2. The Morgan fingerprint density at radius 3 is 2.82 bits per heavy atom.